The number of benzene rings is 2. The molecule has 1 atom stereocenters. The second-order valence-corrected chi connectivity index (χ2v) is 8.74. The maximum Gasteiger partial charge on any atom is 0.239 e. The normalized spacial score (nSPS) is 20.8. The highest BCUT2D eigenvalue weighted by molar-refractivity contribution is 5.81. The van der Waals surface area contributed by atoms with Crippen LogP contribution in [0.3, 0.4) is 0 Å². The molecule has 0 unspecified atom stereocenters. The van der Waals surface area contributed by atoms with Crippen LogP contribution in [-0.4, -0.2) is 68.1 Å². The number of ether oxygens (including phenoxy) is 1. The molecular formula is C25H34N4O2. The average Bonchev–Trinajstić information content (AvgIpc) is 2.80. The number of nitrogen functional groups attached to an aromatic ring is 1. The lowest BCUT2D eigenvalue weighted by atomic mass is 9.89. The van der Waals surface area contributed by atoms with Crippen LogP contribution in [0.4, 0.5) is 11.4 Å². The summed E-state index contributed by atoms with van der Waals surface area (Å²) in [7, 11) is 1.87. The van der Waals surface area contributed by atoms with Gasteiger partial charge >= 0.3 is 0 Å². The maximum absolute atomic E-state index is 12.1. The van der Waals surface area contributed by atoms with E-state index in [4.69, 9.17) is 10.5 Å². The van der Waals surface area contributed by atoms with E-state index in [1.54, 1.807) is 4.90 Å². The van der Waals surface area contributed by atoms with Crippen molar-refractivity contribution >= 4 is 17.3 Å². The molecule has 1 amide bonds. The van der Waals surface area contributed by atoms with Gasteiger partial charge in [-0.3, -0.25) is 9.69 Å². The monoisotopic (exact) mass is 422 g/mol. The van der Waals surface area contributed by atoms with E-state index >= 15 is 0 Å². The third-order valence-electron chi connectivity index (χ3n) is 6.76. The highest BCUT2D eigenvalue weighted by Gasteiger charge is 2.28. The second kappa shape index (κ2) is 9.60. The van der Waals surface area contributed by atoms with Crippen molar-refractivity contribution in [3.05, 3.63) is 54.1 Å². The molecule has 2 fully saturated rings. The van der Waals surface area contributed by atoms with E-state index in [0.717, 1.165) is 57.0 Å². The van der Waals surface area contributed by atoms with Crippen molar-refractivity contribution in [1.29, 1.82) is 0 Å². The van der Waals surface area contributed by atoms with Gasteiger partial charge in [0.15, 0.2) is 0 Å². The number of anilines is 2. The van der Waals surface area contributed by atoms with E-state index in [1.807, 2.05) is 26.1 Å². The van der Waals surface area contributed by atoms with Gasteiger partial charge in [-0.15, -0.1) is 0 Å². The van der Waals surface area contributed by atoms with E-state index in [1.165, 1.54) is 11.3 Å². The summed E-state index contributed by atoms with van der Waals surface area (Å²) in [6, 6.07) is 16.7. The Morgan fingerprint density at radius 3 is 2.32 bits per heavy atom. The van der Waals surface area contributed by atoms with Crippen molar-refractivity contribution < 1.29 is 9.53 Å². The van der Waals surface area contributed by atoms with Gasteiger partial charge in [-0.25, -0.2) is 0 Å². The van der Waals surface area contributed by atoms with Crippen molar-refractivity contribution in [2.75, 3.05) is 57.0 Å². The third kappa shape index (κ3) is 5.13. The van der Waals surface area contributed by atoms with Crippen LogP contribution in [0.25, 0.3) is 0 Å². The molecule has 4 rings (SSSR count). The minimum Gasteiger partial charge on any atom is -0.492 e. The number of piperazine rings is 1. The number of hydrogen-bond donors (Lipinski definition) is 1. The standard InChI is InChI=1S/C25H34N4O2/c1-19-25(30)27(2)15-16-28(19)17-18-31-24-9-3-20(4-10-24)21-11-13-29(14-12-21)23-7-5-22(26)6-8-23/h3-10,19,21H,11-18,26H2,1-2H3/t19-/m1/s1. The van der Waals surface area contributed by atoms with Crippen LogP contribution in [-0.2, 0) is 4.79 Å². The molecule has 2 aromatic carbocycles. The Morgan fingerprint density at radius 2 is 1.65 bits per heavy atom. The Balaban J connectivity index is 1.23. The molecule has 2 N–H and O–H groups in total. The summed E-state index contributed by atoms with van der Waals surface area (Å²) in [4.78, 5) is 18.6. The number of nitrogens with two attached hydrogens (primary N) is 1. The summed E-state index contributed by atoms with van der Waals surface area (Å²) in [5.41, 5.74) is 9.27. The maximum atomic E-state index is 12.1. The van der Waals surface area contributed by atoms with E-state index in [2.05, 4.69) is 46.2 Å². The van der Waals surface area contributed by atoms with Crippen LogP contribution in [0, 0.1) is 0 Å². The third-order valence-corrected chi connectivity index (χ3v) is 6.76. The second-order valence-electron chi connectivity index (χ2n) is 8.74. The van der Waals surface area contributed by atoms with Crippen molar-refractivity contribution in [1.82, 2.24) is 9.80 Å². The van der Waals surface area contributed by atoms with Crippen LogP contribution < -0.4 is 15.4 Å². The zero-order valence-electron chi connectivity index (χ0n) is 18.7. The molecule has 0 aliphatic carbocycles. The van der Waals surface area contributed by atoms with E-state index in [9.17, 15) is 4.79 Å². The van der Waals surface area contributed by atoms with E-state index in [0.29, 0.717) is 12.5 Å². The fraction of sp³-hybridized carbons (Fsp3) is 0.480. The van der Waals surface area contributed by atoms with Gasteiger partial charge in [-0.1, -0.05) is 12.1 Å². The lowest BCUT2D eigenvalue weighted by Gasteiger charge is -2.37. The molecule has 0 bridgehead atoms. The van der Waals surface area contributed by atoms with Gasteiger partial charge in [0.2, 0.25) is 5.91 Å². The Bertz CT molecular complexity index is 860. The number of carbonyl (C=O) groups is 1. The summed E-state index contributed by atoms with van der Waals surface area (Å²) < 4.78 is 5.96. The largest absolute Gasteiger partial charge is 0.492 e. The molecule has 166 valence electrons. The molecule has 6 nitrogen and oxygen atoms in total. The Hall–Kier alpha value is -2.73. The van der Waals surface area contributed by atoms with Crippen LogP contribution >= 0.6 is 0 Å². The van der Waals surface area contributed by atoms with Gasteiger partial charge in [0.25, 0.3) is 0 Å². The summed E-state index contributed by atoms with van der Waals surface area (Å²) in [6.45, 7) is 7.16. The van der Waals surface area contributed by atoms with Crippen LogP contribution in [0.1, 0.15) is 31.2 Å². The molecule has 0 saturated carbocycles. The lowest BCUT2D eigenvalue weighted by molar-refractivity contribution is -0.139. The molecule has 31 heavy (non-hydrogen) atoms. The quantitative estimate of drug-likeness (QED) is 0.725. The molecule has 2 aliphatic rings. The van der Waals surface area contributed by atoms with Crippen molar-refractivity contribution in [3.8, 4) is 5.75 Å². The van der Waals surface area contributed by atoms with Gasteiger partial charge in [-0.05, 0) is 67.6 Å². The fourth-order valence-corrected chi connectivity index (χ4v) is 4.64. The van der Waals surface area contributed by atoms with Crippen molar-refractivity contribution in [2.24, 2.45) is 0 Å². The molecule has 2 saturated heterocycles. The van der Waals surface area contributed by atoms with Crippen LogP contribution in [0.5, 0.6) is 5.75 Å². The predicted octanol–water partition coefficient (Wildman–Crippen LogP) is 3.19. The molecule has 0 radical (unpaired) electrons. The highest BCUT2D eigenvalue weighted by atomic mass is 16.5. The number of piperidine rings is 1. The number of nitrogens with zero attached hydrogens (tertiary/aromatic N) is 3. The number of amides is 1. The minimum atomic E-state index is -0.0659. The zero-order chi connectivity index (χ0) is 21.8. The number of likely N-dealkylation sites (N-methyl/N-ethyl adjacent to an activating group) is 1. The van der Waals surface area contributed by atoms with Gasteiger partial charge in [0.1, 0.15) is 12.4 Å². The molecule has 0 aromatic heterocycles. The van der Waals surface area contributed by atoms with Gasteiger partial charge in [-0.2, -0.15) is 0 Å². The predicted molar refractivity (Wildman–Crippen MR) is 126 cm³/mol. The number of hydrogen-bond acceptors (Lipinski definition) is 5. The highest BCUT2D eigenvalue weighted by Crippen LogP contribution is 2.31. The summed E-state index contributed by atoms with van der Waals surface area (Å²) in [5.74, 6) is 1.69. The molecule has 2 aromatic rings. The fourth-order valence-electron chi connectivity index (χ4n) is 4.64. The number of carbonyl (C=O) groups excluding carboxylic acids is 1. The van der Waals surface area contributed by atoms with Crippen molar-refractivity contribution in [2.45, 2.75) is 31.7 Å². The smallest absolute Gasteiger partial charge is 0.239 e. The van der Waals surface area contributed by atoms with Gasteiger partial charge in [0, 0.05) is 51.1 Å². The Kier molecular flexibility index (Phi) is 6.66. The Labute approximate surface area is 185 Å². The Morgan fingerprint density at radius 1 is 0.968 bits per heavy atom. The molecular weight excluding hydrogens is 388 g/mol. The molecule has 6 heteroatoms. The first-order valence-electron chi connectivity index (χ1n) is 11.3. The molecule has 0 spiro atoms. The summed E-state index contributed by atoms with van der Waals surface area (Å²) in [5, 5.41) is 0. The zero-order valence-corrected chi connectivity index (χ0v) is 18.7. The topological polar surface area (TPSA) is 62.0 Å². The average molecular weight is 423 g/mol. The summed E-state index contributed by atoms with van der Waals surface area (Å²) >= 11 is 0. The van der Waals surface area contributed by atoms with Crippen LogP contribution in [0.15, 0.2) is 48.5 Å². The van der Waals surface area contributed by atoms with Gasteiger partial charge in [0.05, 0.1) is 6.04 Å². The van der Waals surface area contributed by atoms with Crippen LogP contribution in [0.2, 0.25) is 0 Å². The first kappa shape index (κ1) is 21.5. The molecule has 2 heterocycles. The molecule has 2 aliphatic heterocycles. The van der Waals surface area contributed by atoms with Crippen molar-refractivity contribution in [3.63, 3.8) is 0 Å². The van der Waals surface area contributed by atoms with E-state index in [-0.39, 0.29) is 11.9 Å². The number of rotatable bonds is 6. The lowest BCUT2D eigenvalue weighted by Crippen LogP contribution is -2.55. The first-order chi connectivity index (χ1) is 15.0. The first-order valence-corrected chi connectivity index (χ1v) is 11.3. The SMILES string of the molecule is C[C@@H]1C(=O)N(C)CCN1CCOc1ccc(C2CCN(c3ccc(N)cc3)CC2)cc1. The van der Waals surface area contributed by atoms with Gasteiger partial charge < -0.3 is 20.3 Å². The summed E-state index contributed by atoms with van der Waals surface area (Å²) in [6.07, 6.45) is 2.31. The minimum absolute atomic E-state index is 0.0659. The van der Waals surface area contributed by atoms with E-state index < -0.39 is 0 Å².